The van der Waals surface area contributed by atoms with E-state index < -0.39 is 0 Å². The third kappa shape index (κ3) is 3.66. The van der Waals surface area contributed by atoms with Gasteiger partial charge in [0, 0.05) is 36.7 Å². The molecule has 2 amide bonds. The molecule has 0 spiro atoms. The number of fused-ring (bicyclic) bond motifs is 1. The van der Waals surface area contributed by atoms with Crippen molar-refractivity contribution in [2.75, 3.05) is 33.2 Å². The van der Waals surface area contributed by atoms with Crippen molar-refractivity contribution < 1.29 is 19.0 Å². The Kier molecular flexibility index (Phi) is 5.52. The number of urea groups is 1. The number of anilines is 1. The minimum absolute atomic E-state index is 0.171. The number of ether oxygens (including phenoxy) is 3. The van der Waals surface area contributed by atoms with E-state index in [1.165, 1.54) is 0 Å². The van der Waals surface area contributed by atoms with Crippen molar-refractivity contribution in [1.82, 2.24) is 9.47 Å². The molecule has 2 aromatic carbocycles. The van der Waals surface area contributed by atoms with Crippen LogP contribution in [0, 0.1) is 0 Å². The molecule has 1 aliphatic heterocycles. The molecular formula is C23H25N3O4. The third-order valence-corrected chi connectivity index (χ3v) is 5.37. The molecule has 1 aromatic heterocycles. The molecule has 1 aliphatic rings. The summed E-state index contributed by atoms with van der Waals surface area (Å²) in [6.07, 6.45) is 2.05. The Balaban J connectivity index is 1.63. The van der Waals surface area contributed by atoms with Gasteiger partial charge in [-0.25, -0.2) is 4.79 Å². The van der Waals surface area contributed by atoms with Crippen molar-refractivity contribution in [2.45, 2.75) is 12.6 Å². The zero-order chi connectivity index (χ0) is 21.1. The fourth-order valence-corrected chi connectivity index (χ4v) is 3.85. The molecule has 1 N–H and O–H groups in total. The van der Waals surface area contributed by atoms with E-state index in [-0.39, 0.29) is 12.1 Å². The van der Waals surface area contributed by atoms with Crippen LogP contribution in [0.15, 0.2) is 60.8 Å². The maximum Gasteiger partial charge on any atom is 0.322 e. The Morgan fingerprint density at radius 2 is 1.70 bits per heavy atom. The van der Waals surface area contributed by atoms with Crippen LogP contribution >= 0.6 is 0 Å². The molecule has 1 atom stereocenters. The number of rotatable bonds is 5. The van der Waals surface area contributed by atoms with Gasteiger partial charge in [-0.3, -0.25) is 0 Å². The molecule has 0 bridgehead atoms. The van der Waals surface area contributed by atoms with E-state index in [0.717, 1.165) is 23.6 Å². The van der Waals surface area contributed by atoms with Crippen molar-refractivity contribution >= 4 is 11.7 Å². The van der Waals surface area contributed by atoms with E-state index in [0.29, 0.717) is 23.7 Å². The molecule has 0 saturated heterocycles. The zero-order valence-electron chi connectivity index (χ0n) is 17.3. The lowest BCUT2D eigenvalue weighted by Gasteiger charge is -2.37. The summed E-state index contributed by atoms with van der Waals surface area (Å²) in [6.45, 7) is 1.34. The fraction of sp³-hybridized carbons (Fsp3) is 0.261. The van der Waals surface area contributed by atoms with Crippen molar-refractivity contribution in [3.05, 3.63) is 72.1 Å². The van der Waals surface area contributed by atoms with Gasteiger partial charge in [-0.1, -0.05) is 12.1 Å². The molecule has 0 unspecified atom stereocenters. The number of carbonyl (C=O) groups is 1. The molecular weight excluding hydrogens is 382 g/mol. The van der Waals surface area contributed by atoms with Gasteiger partial charge in [0.15, 0.2) is 11.5 Å². The first-order valence-corrected chi connectivity index (χ1v) is 9.73. The highest BCUT2D eigenvalue weighted by molar-refractivity contribution is 5.90. The van der Waals surface area contributed by atoms with E-state index in [4.69, 9.17) is 14.2 Å². The lowest BCUT2D eigenvalue weighted by atomic mass is 10.00. The Labute approximate surface area is 175 Å². The van der Waals surface area contributed by atoms with Crippen LogP contribution in [0.2, 0.25) is 0 Å². The van der Waals surface area contributed by atoms with Crippen LogP contribution in [-0.2, 0) is 6.54 Å². The highest BCUT2D eigenvalue weighted by atomic mass is 16.5. The van der Waals surface area contributed by atoms with Crippen molar-refractivity contribution in [3.63, 3.8) is 0 Å². The average molecular weight is 407 g/mol. The van der Waals surface area contributed by atoms with Crippen molar-refractivity contribution in [1.29, 1.82) is 0 Å². The Morgan fingerprint density at radius 3 is 2.40 bits per heavy atom. The van der Waals surface area contributed by atoms with E-state index >= 15 is 0 Å². The molecule has 7 heteroatoms. The van der Waals surface area contributed by atoms with E-state index in [1.807, 2.05) is 35.2 Å². The molecule has 0 aliphatic carbocycles. The monoisotopic (exact) mass is 407 g/mol. The minimum atomic E-state index is -0.195. The standard InChI is InChI=1S/C23H25N3O4/c1-28-18-9-6-16(7-10-18)22-19-5-4-12-25(19)13-14-26(22)23(27)24-17-8-11-20(29-2)21(15-17)30-3/h4-12,15,22H,13-14H2,1-3H3,(H,24,27)/t22-/m0/s1. The summed E-state index contributed by atoms with van der Waals surface area (Å²) in [5.74, 6) is 1.96. The average Bonchev–Trinajstić information content (AvgIpc) is 3.27. The van der Waals surface area contributed by atoms with Crippen LogP contribution in [0.4, 0.5) is 10.5 Å². The summed E-state index contributed by atoms with van der Waals surface area (Å²) in [7, 11) is 4.80. The van der Waals surface area contributed by atoms with Gasteiger partial charge in [-0.2, -0.15) is 0 Å². The second-order valence-electron chi connectivity index (χ2n) is 7.00. The summed E-state index contributed by atoms with van der Waals surface area (Å²) in [5, 5.41) is 3.00. The summed E-state index contributed by atoms with van der Waals surface area (Å²) >= 11 is 0. The van der Waals surface area contributed by atoms with Crippen molar-refractivity contribution in [2.24, 2.45) is 0 Å². The normalized spacial score (nSPS) is 15.3. The van der Waals surface area contributed by atoms with E-state index in [2.05, 4.69) is 22.1 Å². The Bertz CT molecular complexity index is 1030. The highest BCUT2D eigenvalue weighted by Crippen LogP contribution is 2.34. The lowest BCUT2D eigenvalue weighted by molar-refractivity contribution is 0.182. The smallest absolute Gasteiger partial charge is 0.322 e. The Morgan fingerprint density at radius 1 is 0.933 bits per heavy atom. The van der Waals surface area contributed by atoms with Gasteiger partial charge >= 0.3 is 6.03 Å². The molecule has 3 aromatic rings. The number of hydrogen-bond acceptors (Lipinski definition) is 4. The lowest BCUT2D eigenvalue weighted by Crippen LogP contribution is -2.44. The SMILES string of the molecule is COc1ccc([C@H]2c3cccn3CCN2C(=O)Nc2ccc(OC)c(OC)c2)cc1. The number of amides is 2. The summed E-state index contributed by atoms with van der Waals surface area (Å²) < 4.78 is 18.1. The van der Waals surface area contributed by atoms with Gasteiger partial charge in [-0.05, 0) is 42.0 Å². The number of benzene rings is 2. The van der Waals surface area contributed by atoms with Gasteiger partial charge in [0.2, 0.25) is 0 Å². The van der Waals surface area contributed by atoms with Crippen molar-refractivity contribution in [3.8, 4) is 17.2 Å². The predicted octanol–water partition coefficient (Wildman–Crippen LogP) is 4.15. The van der Waals surface area contributed by atoms with Crippen LogP contribution in [0.3, 0.4) is 0 Å². The molecule has 0 radical (unpaired) electrons. The van der Waals surface area contributed by atoms with Gasteiger partial charge in [0.1, 0.15) is 5.75 Å². The molecule has 4 rings (SSSR count). The van der Waals surface area contributed by atoms with Gasteiger partial charge in [0.25, 0.3) is 0 Å². The van der Waals surface area contributed by atoms with E-state index in [1.54, 1.807) is 39.5 Å². The first-order valence-electron chi connectivity index (χ1n) is 9.73. The summed E-state index contributed by atoms with van der Waals surface area (Å²) in [6, 6.07) is 16.9. The van der Waals surface area contributed by atoms with Gasteiger partial charge in [0.05, 0.1) is 27.4 Å². The largest absolute Gasteiger partial charge is 0.497 e. The van der Waals surface area contributed by atoms with Crippen LogP contribution in [0.25, 0.3) is 0 Å². The quantitative estimate of drug-likeness (QED) is 0.690. The number of nitrogens with zero attached hydrogens (tertiary/aromatic N) is 2. The van der Waals surface area contributed by atoms with Gasteiger partial charge in [-0.15, -0.1) is 0 Å². The second-order valence-corrected chi connectivity index (χ2v) is 7.00. The first-order chi connectivity index (χ1) is 14.6. The maximum absolute atomic E-state index is 13.3. The molecule has 2 heterocycles. The Hall–Kier alpha value is -3.61. The highest BCUT2D eigenvalue weighted by Gasteiger charge is 2.32. The molecule has 156 valence electrons. The topological polar surface area (TPSA) is 65.0 Å². The van der Waals surface area contributed by atoms with Crippen LogP contribution in [0.5, 0.6) is 17.2 Å². The molecule has 0 fully saturated rings. The van der Waals surface area contributed by atoms with Crippen LogP contribution in [0.1, 0.15) is 17.3 Å². The van der Waals surface area contributed by atoms with Gasteiger partial charge < -0.3 is 29.0 Å². The first kappa shape index (κ1) is 19.7. The molecule has 7 nitrogen and oxygen atoms in total. The van der Waals surface area contributed by atoms with E-state index in [9.17, 15) is 4.79 Å². The van der Waals surface area contributed by atoms with Crippen LogP contribution in [-0.4, -0.2) is 43.4 Å². The number of methoxy groups -OCH3 is 3. The third-order valence-electron chi connectivity index (χ3n) is 5.37. The maximum atomic E-state index is 13.3. The summed E-state index contributed by atoms with van der Waals surface area (Å²) in [4.78, 5) is 15.1. The van der Waals surface area contributed by atoms with Crippen LogP contribution < -0.4 is 19.5 Å². The number of nitrogens with one attached hydrogen (secondary N) is 1. The number of carbonyl (C=O) groups excluding carboxylic acids is 1. The fourth-order valence-electron chi connectivity index (χ4n) is 3.85. The predicted molar refractivity (Wildman–Crippen MR) is 115 cm³/mol. The molecule has 30 heavy (non-hydrogen) atoms. The zero-order valence-corrected chi connectivity index (χ0v) is 17.3. The summed E-state index contributed by atoms with van der Waals surface area (Å²) in [5.41, 5.74) is 2.75. The molecule has 0 saturated carbocycles. The number of aromatic nitrogens is 1. The minimum Gasteiger partial charge on any atom is -0.497 e. The second kappa shape index (κ2) is 8.41. The number of hydrogen-bond donors (Lipinski definition) is 1.